The minimum Gasteiger partial charge on any atom is -0.356 e. The zero-order valence-electron chi connectivity index (χ0n) is 32.8. The molecule has 8 bridgehead atoms. The summed E-state index contributed by atoms with van der Waals surface area (Å²) in [5, 5.41) is -2.03. The Balaban J connectivity index is 1.55. The lowest BCUT2D eigenvalue weighted by Crippen LogP contribution is -2.43. The molecule has 0 fully saturated rings. The minimum absolute atomic E-state index is 0.384. The highest BCUT2D eigenvalue weighted by Gasteiger charge is 2.58. The normalized spacial score (nSPS) is 18.8. The summed E-state index contributed by atoms with van der Waals surface area (Å²) in [6.07, 6.45) is 1.96. The summed E-state index contributed by atoms with van der Waals surface area (Å²) in [6.45, 7) is 0. The number of nitrogens with zero attached hydrogens (tertiary/aromatic N) is 2. The largest absolute Gasteiger partial charge is 0.356 e. The van der Waals surface area contributed by atoms with E-state index in [-0.39, 0.29) is 0 Å². The molecule has 4 nitrogen and oxygen atoms in total. The molecule has 0 saturated carbocycles. The van der Waals surface area contributed by atoms with Gasteiger partial charge in [0.05, 0.1) is 39.4 Å². The summed E-state index contributed by atoms with van der Waals surface area (Å²) in [5.74, 6) is -54.0. The quantitative estimate of drug-likeness (QED) is 0.0581. The summed E-state index contributed by atoms with van der Waals surface area (Å²) in [5.41, 5.74) is -17.7. The van der Waals surface area contributed by atoms with Gasteiger partial charge in [-0.2, -0.15) is 0 Å². The van der Waals surface area contributed by atoms with Gasteiger partial charge in [-0.3, -0.25) is 4.99 Å². The van der Waals surface area contributed by atoms with Crippen LogP contribution in [0.25, 0.3) is 16.7 Å². The molecule has 2 aromatic heterocycles. The molecule has 70 heavy (non-hydrogen) atoms. The van der Waals surface area contributed by atoms with Gasteiger partial charge >= 0.3 is 0 Å². The highest BCUT2D eigenvalue weighted by Crippen LogP contribution is 2.55. The Morgan fingerprint density at radius 2 is 0.743 bits per heavy atom. The van der Waals surface area contributed by atoms with Crippen LogP contribution in [0.1, 0.15) is 33.6 Å². The number of aromatic nitrogens is 2. The highest BCUT2D eigenvalue weighted by atomic mass is 35.5. The van der Waals surface area contributed by atoms with E-state index in [0.717, 1.165) is 0 Å². The van der Waals surface area contributed by atoms with Gasteiger partial charge in [-0.1, -0.05) is 11.6 Å². The van der Waals surface area contributed by atoms with Gasteiger partial charge < -0.3 is 9.97 Å². The van der Waals surface area contributed by atoms with E-state index >= 15 is 52.7 Å². The molecular formula is C44H10Cl2F20N4. The lowest BCUT2D eigenvalue weighted by atomic mass is 9.86. The third-order valence-corrected chi connectivity index (χ3v) is 12.4. The van der Waals surface area contributed by atoms with E-state index in [9.17, 15) is 35.1 Å². The molecule has 360 valence electrons. The summed E-state index contributed by atoms with van der Waals surface area (Å²) < 4.78 is 305. The van der Waals surface area contributed by atoms with E-state index in [0.29, 0.717) is 48.6 Å². The van der Waals surface area contributed by atoms with Gasteiger partial charge in [-0.15, -0.1) is 11.6 Å². The third-order valence-electron chi connectivity index (χ3n) is 11.1. The fourth-order valence-corrected chi connectivity index (χ4v) is 8.65. The van der Waals surface area contributed by atoms with Gasteiger partial charge in [0.2, 0.25) is 23.3 Å². The molecule has 2 atom stereocenters. The van der Waals surface area contributed by atoms with E-state index in [2.05, 4.69) is 20.0 Å². The highest BCUT2D eigenvalue weighted by molar-refractivity contribution is 6.41. The predicted octanol–water partition coefficient (Wildman–Crippen LogP) is 11.4. The summed E-state index contributed by atoms with van der Waals surface area (Å²) in [4.78, 5) is 4.92. The first-order valence-electron chi connectivity index (χ1n) is 18.7. The maximum atomic E-state index is 16.1. The van der Waals surface area contributed by atoms with Crippen molar-refractivity contribution in [2.45, 2.75) is 9.87 Å². The minimum atomic E-state index is -3.77. The van der Waals surface area contributed by atoms with E-state index in [1.807, 2.05) is 0 Å². The molecule has 0 amide bonds. The maximum Gasteiger partial charge on any atom is 0.200 e. The maximum absolute atomic E-state index is 16.1. The molecule has 4 aromatic carbocycles. The van der Waals surface area contributed by atoms with Crippen molar-refractivity contribution in [1.82, 2.24) is 9.97 Å². The number of H-pyrrole nitrogens is 2. The lowest BCUT2D eigenvalue weighted by molar-refractivity contribution is 0.356. The zero-order valence-corrected chi connectivity index (χ0v) is 34.3. The fourth-order valence-electron chi connectivity index (χ4n) is 7.92. The molecule has 0 saturated heterocycles. The number of hydrogen-bond donors (Lipinski definition) is 2. The molecular weight excluding hydrogens is 1040 g/mol. The van der Waals surface area contributed by atoms with Gasteiger partial charge in [0.25, 0.3) is 0 Å². The summed E-state index contributed by atoms with van der Waals surface area (Å²) >= 11 is 13.8. The molecule has 6 aromatic rings. The lowest BCUT2D eigenvalue weighted by Gasteiger charge is -2.37. The van der Waals surface area contributed by atoms with Crippen LogP contribution in [-0.4, -0.2) is 26.4 Å². The SMILES string of the molecule is Fc1c(F)c(F)c(C2=C3C=CC(=N3)C(c3c(F)c(F)c(F)c(F)c3F)=c3ccc([nH]3)=C(c3c(F)c(F)c(F)c(F)c3F)C3=N[C@](Cl)(C=C3)[C@@](Cl)(c3c(F)c(F)c(F)c(F)c3F)c3ccc2[nH]3)c(F)c1F. The molecule has 0 radical (unpaired) electrons. The molecule has 3 aliphatic rings. The number of benzene rings is 4. The van der Waals surface area contributed by atoms with E-state index in [1.54, 1.807) is 0 Å². The van der Waals surface area contributed by atoms with Crippen molar-refractivity contribution in [1.29, 1.82) is 0 Å². The van der Waals surface area contributed by atoms with Crippen LogP contribution in [0.5, 0.6) is 0 Å². The number of allylic oxidation sites excluding steroid dienone is 3. The molecule has 5 heterocycles. The van der Waals surface area contributed by atoms with E-state index < -0.39 is 204 Å². The number of aliphatic imine (C=N–C) groups is 2. The fraction of sp³-hybridized carbons (Fsp3) is 0.0455. The Bertz CT molecular complexity index is 3600. The van der Waals surface area contributed by atoms with Crippen molar-refractivity contribution in [2.24, 2.45) is 9.98 Å². The van der Waals surface area contributed by atoms with E-state index in [4.69, 9.17) is 23.2 Å². The molecule has 2 N–H and O–H groups in total. The zero-order chi connectivity index (χ0) is 51.1. The van der Waals surface area contributed by atoms with Gasteiger partial charge in [-0.05, 0) is 48.6 Å². The third kappa shape index (κ3) is 6.47. The van der Waals surface area contributed by atoms with Crippen molar-refractivity contribution in [3.05, 3.63) is 215 Å². The molecule has 0 spiro atoms. The number of halogens is 22. The van der Waals surface area contributed by atoms with Crippen molar-refractivity contribution in [3.63, 3.8) is 0 Å². The van der Waals surface area contributed by atoms with Crippen molar-refractivity contribution in [2.75, 3.05) is 0 Å². The van der Waals surface area contributed by atoms with Crippen LogP contribution in [0.4, 0.5) is 87.8 Å². The summed E-state index contributed by atoms with van der Waals surface area (Å²) in [6, 6.07) is 2.17. The molecule has 0 unspecified atom stereocenters. The first-order valence-corrected chi connectivity index (χ1v) is 19.5. The number of rotatable bonds is 4. The van der Waals surface area contributed by atoms with E-state index in [1.165, 1.54) is 0 Å². The van der Waals surface area contributed by atoms with Crippen LogP contribution in [0.15, 0.2) is 64.3 Å². The van der Waals surface area contributed by atoms with Crippen LogP contribution >= 0.6 is 23.2 Å². The van der Waals surface area contributed by atoms with Crippen LogP contribution in [0.3, 0.4) is 0 Å². The first kappa shape index (κ1) is 48.0. The van der Waals surface area contributed by atoms with Crippen LogP contribution in [0, 0.1) is 116 Å². The molecule has 3 aliphatic heterocycles. The van der Waals surface area contributed by atoms with Crippen LogP contribution in [0.2, 0.25) is 0 Å². The van der Waals surface area contributed by atoms with Gasteiger partial charge in [0, 0.05) is 38.8 Å². The number of hydrogen-bond acceptors (Lipinski definition) is 2. The Kier molecular flexibility index (Phi) is 11.1. The Hall–Kier alpha value is -7.08. The average molecular weight is 1050 g/mol. The van der Waals surface area contributed by atoms with Crippen LogP contribution in [-0.2, 0) is 4.87 Å². The first-order chi connectivity index (χ1) is 32.8. The Morgan fingerprint density at radius 3 is 1.17 bits per heavy atom. The second kappa shape index (κ2) is 16.2. The topological polar surface area (TPSA) is 56.3 Å². The monoisotopic (exact) mass is 1040 g/mol. The Morgan fingerprint density at radius 1 is 0.371 bits per heavy atom. The molecule has 26 heteroatoms. The second-order valence-electron chi connectivity index (χ2n) is 14.9. The molecule has 0 aliphatic carbocycles. The van der Waals surface area contributed by atoms with Gasteiger partial charge in [0.1, 0.15) is 0 Å². The number of nitrogens with one attached hydrogen (secondary N) is 2. The van der Waals surface area contributed by atoms with Crippen molar-refractivity contribution in [3.8, 4) is 0 Å². The van der Waals surface area contributed by atoms with Gasteiger partial charge in [-0.25, -0.2) is 92.8 Å². The van der Waals surface area contributed by atoms with Crippen molar-refractivity contribution < 1.29 is 87.8 Å². The Labute approximate surface area is 383 Å². The smallest absolute Gasteiger partial charge is 0.200 e. The molecule has 9 rings (SSSR count). The standard InChI is InChI=1S/C44H10Cl2F20N4/c45-43-8-7-14(70-43)18(21-27(51)35(59)41(65)36(60)28(21)52)12-4-3-10(68-12)16(19-23(47)31(55)39(63)32(56)24(19)48)9-1-2-11(67-9)17(20-25(49)33(57)40(64)34(58)26(20)50)13-5-6-15(69-13)44(43,46)22-29(53)37(61)42(66)38(62)30(22)54/h1-8,68-69H/t43-,44+/m1/s1. The predicted molar refractivity (Wildman–Crippen MR) is 205 cm³/mol. The average Bonchev–Trinajstić information content (AvgIpc) is 4.19. The summed E-state index contributed by atoms with van der Waals surface area (Å²) in [7, 11) is 0. The van der Waals surface area contributed by atoms with Gasteiger partial charge in [0.15, 0.2) is 103 Å². The second-order valence-corrected chi connectivity index (χ2v) is 16.0. The number of alkyl halides is 2. The van der Waals surface area contributed by atoms with Crippen molar-refractivity contribution >= 4 is 51.3 Å². The number of aromatic amines is 2. The van der Waals surface area contributed by atoms with Crippen LogP contribution < -0.4 is 10.7 Å². The number of fused-ring (bicyclic) bond motifs is 6.